The van der Waals surface area contributed by atoms with Crippen molar-refractivity contribution in [3.8, 4) is 28.0 Å². The highest BCUT2D eigenvalue weighted by Crippen LogP contribution is 2.37. The highest BCUT2D eigenvalue weighted by Gasteiger charge is 2.21. The molecular formula is C36H42F4O. The van der Waals surface area contributed by atoms with Crippen molar-refractivity contribution in [2.45, 2.75) is 90.9 Å². The highest BCUT2D eigenvalue weighted by molar-refractivity contribution is 5.74. The normalized spacial score (nSPS) is 15.2. The first-order chi connectivity index (χ1) is 19.9. The summed E-state index contributed by atoms with van der Waals surface area (Å²) in [4.78, 5) is 0. The fraction of sp³-hybridized carbons (Fsp3) is 0.444. The second-order valence-corrected chi connectivity index (χ2v) is 11.2. The molecule has 0 radical (unpaired) electrons. The third-order valence-corrected chi connectivity index (χ3v) is 8.22. The first-order valence-electron chi connectivity index (χ1n) is 15.3. The van der Waals surface area contributed by atoms with Crippen LogP contribution >= 0.6 is 0 Å². The van der Waals surface area contributed by atoms with Crippen LogP contribution in [0.15, 0.2) is 54.6 Å². The summed E-state index contributed by atoms with van der Waals surface area (Å²) >= 11 is 0. The van der Waals surface area contributed by atoms with Crippen molar-refractivity contribution in [2.24, 2.45) is 5.92 Å². The van der Waals surface area contributed by atoms with Crippen molar-refractivity contribution in [2.75, 3.05) is 6.61 Å². The molecule has 0 aliphatic heterocycles. The Morgan fingerprint density at radius 2 is 1.20 bits per heavy atom. The van der Waals surface area contributed by atoms with Crippen LogP contribution in [0.4, 0.5) is 17.6 Å². The molecule has 5 heteroatoms. The third-order valence-electron chi connectivity index (χ3n) is 8.22. The van der Waals surface area contributed by atoms with Crippen molar-refractivity contribution >= 4 is 5.57 Å². The quantitative estimate of drug-likeness (QED) is 0.139. The lowest BCUT2D eigenvalue weighted by atomic mass is 9.83. The summed E-state index contributed by atoms with van der Waals surface area (Å²) in [5.41, 5.74) is 2.34. The minimum atomic E-state index is -1.03. The molecule has 0 saturated heterocycles. The van der Waals surface area contributed by atoms with E-state index in [1.54, 1.807) is 36.4 Å². The zero-order valence-corrected chi connectivity index (χ0v) is 24.4. The van der Waals surface area contributed by atoms with Gasteiger partial charge in [-0.3, -0.25) is 0 Å². The summed E-state index contributed by atoms with van der Waals surface area (Å²) in [5, 5.41) is 0. The number of rotatable bonds is 14. The number of hydrogen-bond donors (Lipinski definition) is 0. The molecule has 1 aliphatic rings. The summed E-state index contributed by atoms with van der Waals surface area (Å²) in [6, 6.07) is 12.6. The van der Waals surface area contributed by atoms with Gasteiger partial charge < -0.3 is 4.74 Å². The predicted octanol–water partition coefficient (Wildman–Crippen LogP) is 11.7. The number of allylic oxidation sites excluding steroid dienone is 2. The molecule has 4 rings (SSSR count). The zero-order valence-electron chi connectivity index (χ0n) is 24.4. The number of benzene rings is 3. The monoisotopic (exact) mass is 566 g/mol. The Hall–Kier alpha value is -3.08. The Labute approximate surface area is 242 Å². The Bertz CT molecular complexity index is 1310. The van der Waals surface area contributed by atoms with Gasteiger partial charge in [0.25, 0.3) is 0 Å². The minimum Gasteiger partial charge on any atom is -0.490 e. The van der Waals surface area contributed by atoms with Gasteiger partial charge in [-0.15, -0.1) is 0 Å². The lowest BCUT2D eigenvalue weighted by Gasteiger charge is -2.22. The van der Waals surface area contributed by atoms with Crippen LogP contribution in [0.3, 0.4) is 0 Å². The predicted molar refractivity (Wildman–Crippen MR) is 161 cm³/mol. The van der Waals surface area contributed by atoms with Gasteiger partial charge in [-0.1, -0.05) is 108 Å². The molecule has 3 aromatic carbocycles. The van der Waals surface area contributed by atoms with Gasteiger partial charge in [0.05, 0.1) is 6.61 Å². The van der Waals surface area contributed by atoms with E-state index in [4.69, 9.17) is 4.74 Å². The van der Waals surface area contributed by atoms with Crippen LogP contribution < -0.4 is 4.74 Å². The Kier molecular flexibility index (Phi) is 11.5. The number of unbranched alkanes of at least 4 members (excludes halogenated alkanes) is 6. The van der Waals surface area contributed by atoms with Gasteiger partial charge in [0.2, 0.25) is 5.82 Å². The fourth-order valence-corrected chi connectivity index (χ4v) is 5.68. The van der Waals surface area contributed by atoms with Crippen LogP contribution in [0, 0.1) is 29.2 Å². The van der Waals surface area contributed by atoms with Crippen LogP contribution in [-0.4, -0.2) is 6.61 Å². The van der Waals surface area contributed by atoms with E-state index >= 15 is 8.78 Å². The summed E-state index contributed by atoms with van der Waals surface area (Å²) < 4.78 is 65.4. The van der Waals surface area contributed by atoms with Crippen molar-refractivity contribution in [3.05, 3.63) is 83.4 Å². The maximum absolute atomic E-state index is 15.3. The van der Waals surface area contributed by atoms with Crippen LogP contribution in [-0.2, 0) is 0 Å². The van der Waals surface area contributed by atoms with Gasteiger partial charge in [0, 0.05) is 16.7 Å². The lowest BCUT2D eigenvalue weighted by Crippen LogP contribution is -2.07. The smallest absolute Gasteiger partial charge is 0.201 e. The average Bonchev–Trinajstić information content (AvgIpc) is 2.99. The molecule has 0 N–H and O–H groups in total. The number of ether oxygens (including phenoxy) is 1. The van der Waals surface area contributed by atoms with Gasteiger partial charge in [-0.05, 0) is 60.4 Å². The van der Waals surface area contributed by atoms with Crippen molar-refractivity contribution < 1.29 is 22.3 Å². The molecular weight excluding hydrogens is 524 g/mol. The Morgan fingerprint density at radius 3 is 1.83 bits per heavy atom. The molecule has 0 amide bonds. The molecule has 220 valence electrons. The summed E-state index contributed by atoms with van der Waals surface area (Å²) in [7, 11) is 0. The summed E-state index contributed by atoms with van der Waals surface area (Å²) in [6.45, 7) is 4.60. The van der Waals surface area contributed by atoms with E-state index in [2.05, 4.69) is 19.9 Å². The molecule has 0 bridgehead atoms. The van der Waals surface area contributed by atoms with Crippen LogP contribution in [0.25, 0.3) is 27.8 Å². The molecule has 0 fully saturated rings. The molecule has 3 aromatic rings. The largest absolute Gasteiger partial charge is 0.490 e. The average molecular weight is 567 g/mol. The highest BCUT2D eigenvalue weighted by atomic mass is 19.2. The molecule has 1 unspecified atom stereocenters. The van der Waals surface area contributed by atoms with E-state index < -0.39 is 23.3 Å². The molecule has 0 aromatic heterocycles. The molecule has 1 aliphatic carbocycles. The van der Waals surface area contributed by atoms with E-state index in [0.717, 1.165) is 44.1 Å². The first-order valence-corrected chi connectivity index (χ1v) is 15.3. The number of hydrogen-bond acceptors (Lipinski definition) is 1. The summed E-state index contributed by atoms with van der Waals surface area (Å²) in [6.07, 6.45) is 15.0. The standard InChI is InChI=1S/C36H42F4O/c1-3-5-7-8-9-11-25-12-14-26(15-13-25)29-20-21-30(34(38)33(29)37)27-16-18-28(19-17-27)31-22-23-32(36(40)35(31)39)41-24-10-6-4-2/h14,16-23,25H,3-13,15,24H2,1-2H3. The minimum absolute atomic E-state index is 0.0838. The van der Waals surface area contributed by atoms with Gasteiger partial charge in [-0.25, -0.2) is 13.2 Å². The van der Waals surface area contributed by atoms with E-state index in [-0.39, 0.29) is 16.9 Å². The first kappa shape index (κ1) is 30.9. The van der Waals surface area contributed by atoms with E-state index in [0.29, 0.717) is 29.2 Å². The maximum atomic E-state index is 15.3. The summed E-state index contributed by atoms with van der Waals surface area (Å²) in [5.74, 6) is -3.23. The van der Waals surface area contributed by atoms with E-state index in [1.165, 1.54) is 50.7 Å². The van der Waals surface area contributed by atoms with Gasteiger partial charge in [-0.2, -0.15) is 4.39 Å². The Balaban J connectivity index is 1.43. The fourth-order valence-electron chi connectivity index (χ4n) is 5.68. The van der Waals surface area contributed by atoms with E-state index in [9.17, 15) is 8.78 Å². The SMILES string of the molecule is CCCCCCCC1CC=C(c2ccc(-c3ccc(-c4ccc(OCCCCC)c(F)c4F)cc3)c(F)c2F)CC1. The molecule has 0 spiro atoms. The topological polar surface area (TPSA) is 9.23 Å². The van der Waals surface area contributed by atoms with Crippen molar-refractivity contribution in [3.63, 3.8) is 0 Å². The van der Waals surface area contributed by atoms with E-state index in [1.807, 2.05) is 0 Å². The van der Waals surface area contributed by atoms with Gasteiger partial charge >= 0.3 is 0 Å². The van der Waals surface area contributed by atoms with Crippen LogP contribution in [0.1, 0.15) is 96.5 Å². The number of halogens is 4. The molecule has 0 saturated carbocycles. The molecule has 41 heavy (non-hydrogen) atoms. The molecule has 1 nitrogen and oxygen atoms in total. The Morgan fingerprint density at radius 1 is 0.634 bits per heavy atom. The van der Waals surface area contributed by atoms with Crippen LogP contribution in [0.2, 0.25) is 0 Å². The van der Waals surface area contributed by atoms with Gasteiger partial charge in [0.15, 0.2) is 23.2 Å². The second-order valence-electron chi connectivity index (χ2n) is 11.2. The third kappa shape index (κ3) is 7.81. The van der Waals surface area contributed by atoms with Crippen molar-refractivity contribution in [1.29, 1.82) is 0 Å². The molecule has 0 heterocycles. The van der Waals surface area contributed by atoms with Gasteiger partial charge in [0.1, 0.15) is 0 Å². The second kappa shape index (κ2) is 15.2. The molecule has 1 atom stereocenters. The maximum Gasteiger partial charge on any atom is 0.201 e. The lowest BCUT2D eigenvalue weighted by molar-refractivity contribution is 0.286. The van der Waals surface area contributed by atoms with Crippen molar-refractivity contribution in [1.82, 2.24) is 0 Å². The zero-order chi connectivity index (χ0) is 29.2. The van der Waals surface area contributed by atoms with Crippen LogP contribution in [0.5, 0.6) is 5.75 Å².